The van der Waals surface area contributed by atoms with Gasteiger partial charge in [-0.05, 0) is 25.2 Å². The first-order valence-corrected chi connectivity index (χ1v) is 7.28. The van der Waals surface area contributed by atoms with E-state index in [0.29, 0.717) is 30.3 Å². The molecule has 104 valence electrons. The highest BCUT2D eigenvalue weighted by Crippen LogP contribution is 2.21. The molecule has 2 fully saturated rings. The first-order valence-electron chi connectivity index (χ1n) is 7.28. The maximum atomic E-state index is 12.4. The molecule has 2 unspecified atom stereocenters. The molecule has 0 aromatic carbocycles. The van der Waals surface area contributed by atoms with Crippen LogP contribution in [-0.4, -0.2) is 61.0 Å². The molecule has 0 spiro atoms. The zero-order valence-corrected chi connectivity index (χ0v) is 12.0. The minimum Gasteiger partial charge on any atom is -0.341 e. The van der Waals surface area contributed by atoms with Crippen LogP contribution in [0.4, 0.5) is 0 Å². The Bertz CT molecular complexity index is 285. The number of likely N-dealkylation sites (tertiary alicyclic amines) is 1. The van der Waals surface area contributed by atoms with Crippen molar-refractivity contribution in [3.63, 3.8) is 0 Å². The lowest BCUT2D eigenvalue weighted by Gasteiger charge is -2.38. The highest BCUT2D eigenvalue weighted by molar-refractivity contribution is 5.78. The average Bonchev–Trinajstić information content (AvgIpc) is 2.31. The largest absolute Gasteiger partial charge is 0.341 e. The highest BCUT2D eigenvalue weighted by Gasteiger charge is 2.28. The predicted octanol–water partition coefficient (Wildman–Crippen LogP) is 0.785. The van der Waals surface area contributed by atoms with Gasteiger partial charge in [0.15, 0.2) is 0 Å². The van der Waals surface area contributed by atoms with Gasteiger partial charge in [0.25, 0.3) is 0 Å². The fourth-order valence-corrected chi connectivity index (χ4v) is 3.26. The number of hydrogen-bond acceptors (Lipinski definition) is 3. The van der Waals surface area contributed by atoms with Crippen molar-refractivity contribution < 1.29 is 4.79 Å². The summed E-state index contributed by atoms with van der Waals surface area (Å²) in [6.45, 7) is 12.2. The highest BCUT2D eigenvalue weighted by atomic mass is 16.2. The Kier molecular flexibility index (Phi) is 4.62. The van der Waals surface area contributed by atoms with Gasteiger partial charge in [0, 0.05) is 38.8 Å². The summed E-state index contributed by atoms with van der Waals surface area (Å²) in [4.78, 5) is 16.8. The fraction of sp³-hybridized carbons (Fsp3) is 0.929. The Morgan fingerprint density at radius 3 is 2.50 bits per heavy atom. The molecule has 2 aliphatic rings. The van der Waals surface area contributed by atoms with Crippen molar-refractivity contribution >= 4 is 5.91 Å². The third-order valence-corrected chi connectivity index (χ3v) is 4.20. The predicted molar refractivity (Wildman–Crippen MR) is 73.4 cm³/mol. The lowest BCUT2D eigenvalue weighted by Crippen LogP contribution is -2.54. The van der Waals surface area contributed by atoms with Gasteiger partial charge in [-0.25, -0.2) is 0 Å². The Morgan fingerprint density at radius 1 is 1.22 bits per heavy atom. The molecule has 3 atom stereocenters. The van der Waals surface area contributed by atoms with E-state index in [4.69, 9.17) is 0 Å². The first-order chi connectivity index (χ1) is 8.56. The molecule has 0 aliphatic carbocycles. The van der Waals surface area contributed by atoms with Crippen LogP contribution in [0, 0.1) is 11.8 Å². The summed E-state index contributed by atoms with van der Waals surface area (Å²) in [5, 5.41) is 3.36. The van der Waals surface area contributed by atoms with Gasteiger partial charge in [-0.1, -0.05) is 13.8 Å². The quantitative estimate of drug-likeness (QED) is 0.790. The number of nitrogens with zero attached hydrogens (tertiary/aromatic N) is 2. The van der Waals surface area contributed by atoms with Crippen molar-refractivity contribution in [2.24, 2.45) is 11.8 Å². The van der Waals surface area contributed by atoms with Crippen molar-refractivity contribution in [3.8, 4) is 0 Å². The molecule has 4 nitrogen and oxygen atoms in total. The van der Waals surface area contributed by atoms with Gasteiger partial charge in [0.1, 0.15) is 0 Å². The lowest BCUT2D eigenvalue weighted by atomic mass is 9.92. The van der Waals surface area contributed by atoms with Crippen molar-refractivity contribution in [1.29, 1.82) is 0 Å². The van der Waals surface area contributed by atoms with E-state index in [-0.39, 0.29) is 0 Å². The third kappa shape index (κ3) is 3.45. The first kappa shape index (κ1) is 13.8. The molecule has 0 bridgehead atoms. The van der Waals surface area contributed by atoms with E-state index in [9.17, 15) is 4.79 Å². The summed E-state index contributed by atoms with van der Waals surface area (Å²) in [5.41, 5.74) is 0. The van der Waals surface area contributed by atoms with Gasteiger partial charge >= 0.3 is 0 Å². The Balaban J connectivity index is 1.86. The van der Waals surface area contributed by atoms with Crippen molar-refractivity contribution in [1.82, 2.24) is 15.1 Å². The van der Waals surface area contributed by atoms with E-state index in [1.165, 1.54) is 6.42 Å². The van der Waals surface area contributed by atoms with Crippen LogP contribution in [0.3, 0.4) is 0 Å². The maximum absolute atomic E-state index is 12.4. The van der Waals surface area contributed by atoms with Crippen molar-refractivity contribution in [2.45, 2.75) is 33.2 Å². The SMILES string of the molecule is CC1CC(C)CN(C(=O)CN2CCNC[C@@H]2C)C1. The molecule has 4 heteroatoms. The van der Waals surface area contributed by atoms with E-state index in [0.717, 1.165) is 32.7 Å². The number of amides is 1. The standard InChI is InChI=1S/C14H27N3O/c1-11-6-12(2)9-17(8-11)14(18)10-16-5-4-15-7-13(16)3/h11-13,15H,4-10H2,1-3H3/t11?,12?,13-/m0/s1. The van der Waals surface area contributed by atoms with E-state index < -0.39 is 0 Å². The van der Waals surface area contributed by atoms with Crippen LogP contribution in [0.5, 0.6) is 0 Å². The average molecular weight is 253 g/mol. The number of carbonyl (C=O) groups is 1. The van der Waals surface area contributed by atoms with E-state index in [1.54, 1.807) is 0 Å². The maximum Gasteiger partial charge on any atom is 0.236 e. The summed E-state index contributed by atoms with van der Waals surface area (Å²) >= 11 is 0. The minimum atomic E-state index is 0.321. The topological polar surface area (TPSA) is 35.6 Å². The van der Waals surface area contributed by atoms with Crippen LogP contribution in [0.1, 0.15) is 27.2 Å². The van der Waals surface area contributed by atoms with Gasteiger partial charge < -0.3 is 10.2 Å². The summed E-state index contributed by atoms with van der Waals surface area (Å²) in [5.74, 6) is 1.62. The van der Waals surface area contributed by atoms with E-state index >= 15 is 0 Å². The molecular weight excluding hydrogens is 226 g/mol. The fourth-order valence-electron chi connectivity index (χ4n) is 3.26. The van der Waals surface area contributed by atoms with Gasteiger partial charge in [-0.3, -0.25) is 9.69 Å². The van der Waals surface area contributed by atoms with Crippen molar-refractivity contribution in [3.05, 3.63) is 0 Å². The second-order valence-corrected chi connectivity index (χ2v) is 6.27. The molecule has 0 aromatic heterocycles. The van der Waals surface area contributed by atoms with Gasteiger partial charge in [-0.15, -0.1) is 0 Å². The molecular formula is C14H27N3O. The molecule has 0 saturated carbocycles. The lowest BCUT2D eigenvalue weighted by molar-refractivity contribution is -0.135. The summed E-state index contributed by atoms with van der Waals surface area (Å²) in [7, 11) is 0. The summed E-state index contributed by atoms with van der Waals surface area (Å²) < 4.78 is 0. The van der Waals surface area contributed by atoms with Gasteiger partial charge in [0.2, 0.25) is 5.91 Å². The second-order valence-electron chi connectivity index (χ2n) is 6.27. The zero-order valence-electron chi connectivity index (χ0n) is 12.0. The van der Waals surface area contributed by atoms with Crippen LogP contribution in [0.15, 0.2) is 0 Å². The molecule has 2 rings (SSSR count). The van der Waals surface area contributed by atoms with E-state index in [1.807, 2.05) is 0 Å². The molecule has 1 N–H and O–H groups in total. The number of piperazine rings is 1. The smallest absolute Gasteiger partial charge is 0.236 e. The molecule has 2 aliphatic heterocycles. The van der Waals surface area contributed by atoms with Gasteiger partial charge in [-0.2, -0.15) is 0 Å². The second kappa shape index (κ2) is 6.02. The van der Waals surface area contributed by atoms with E-state index in [2.05, 4.69) is 35.9 Å². The van der Waals surface area contributed by atoms with Crippen LogP contribution in [0.25, 0.3) is 0 Å². The monoisotopic (exact) mass is 253 g/mol. The van der Waals surface area contributed by atoms with Crippen LogP contribution < -0.4 is 5.32 Å². The van der Waals surface area contributed by atoms with Crippen LogP contribution in [-0.2, 0) is 4.79 Å². The normalized spacial score (nSPS) is 34.6. The third-order valence-electron chi connectivity index (χ3n) is 4.20. The van der Waals surface area contributed by atoms with Crippen molar-refractivity contribution in [2.75, 3.05) is 39.3 Å². The Morgan fingerprint density at radius 2 is 1.89 bits per heavy atom. The number of rotatable bonds is 2. The van der Waals surface area contributed by atoms with Gasteiger partial charge in [0.05, 0.1) is 6.54 Å². The molecule has 2 heterocycles. The molecule has 1 amide bonds. The number of nitrogens with one attached hydrogen (secondary N) is 1. The van der Waals surface area contributed by atoms with Crippen LogP contribution >= 0.6 is 0 Å². The van der Waals surface area contributed by atoms with Crippen LogP contribution in [0.2, 0.25) is 0 Å². The Labute approximate surface area is 111 Å². The Hall–Kier alpha value is -0.610. The summed E-state index contributed by atoms with van der Waals surface area (Å²) in [6.07, 6.45) is 1.26. The number of carbonyl (C=O) groups excluding carboxylic acids is 1. The molecule has 0 aromatic rings. The zero-order chi connectivity index (χ0) is 13.1. The molecule has 0 radical (unpaired) electrons. The number of hydrogen-bond donors (Lipinski definition) is 1. The molecule has 2 saturated heterocycles. The summed E-state index contributed by atoms with van der Waals surface area (Å²) in [6, 6.07) is 0.474. The number of piperidine rings is 1. The minimum absolute atomic E-state index is 0.321. The molecule has 18 heavy (non-hydrogen) atoms.